The third-order valence-corrected chi connectivity index (χ3v) is 4.57. The molecule has 6 nitrogen and oxygen atoms in total. The highest BCUT2D eigenvalue weighted by atomic mass is 16.5. The molecule has 0 fully saturated rings. The lowest BCUT2D eigenvalue weighted by atomic mass is 10.1. The van der Waals surface area contributed by atoms with Gasteiger partial charge in [0.15, 0.2) is 12.4 Å². The predicted molar refractivity (Wildman–Crippen MR) is 116 cm³/mol. The van der Waals surface area contributed by atoms with Gasteiger partial charge in [0.05, 0.1) is 6.61 Å². The maximum Gasteiger partial charge on any atom is 0.257 e. The Hall–Kier alpha value is -3.38. The molecule has 0 aliphatic heterocycles. The van der Waals surface area contributed by atoms with E-state index >= 15 is 0 Å². The SMILES string of the molecule is O=C(NCCCOc1cccc(CNCCc2ccccc2)c1)c1ccc[n+]([O-])c1. The van der Waals surface area contributed by atoms with Crippen LogP contribution in [0.4, 0.5) is 0 Å². The number of benzene rings is 2. The minimum absolute atomic E-state index is 0.260. The number of ether oxygens (including phenoxy) is 1. The second-order valence-electron chi connectivity index (χ2n) is 6.97. The zero-order valence-corrected chi connectivity index (χ0v) is 16.9. The smallest absolute Gasteiger partial charge is 0.257 e. The van der Waals surface area contributed by atoms with Crippen LogP contribution in [0.25, 0.3) is 0 Å². The van der Waals surface area contributed by atoms with Gasteiger partial charge >= 0.3 is 0 Å². The summed E-state index contributed by atoms with van der Waals surface area (Å²) in [6.07, 6.45) is 4.28. The molecule has 0 unspecified atom stereocenters. The van der Waals surface area contributed by atoms with Gasteiger partial charge in [-0.25, -0.2) is 0 Å². The first kappa shape index (κ1) is 21.3. The van der Waals surface area contributed by atoms with E-state index in [1.165, 1.54) is 23.5 Å². The first-order valence-corrected chi connectivity index (χ1v) is 10.1. The normalized spacial score (nSPS) is 10.5. The van der Waals surface area contributed by atoms with Crippen molar-refractivity contribution in [2.75, 3.05) is 19.7 Å². The highest BCUT2D eigenvalue weighted by Crippen LogP contribution is 2.13. The summed E-state index contributed by atoms with van der Waals surface area (Å²) in [5.74, 6) is 0.558. The molecular weight excluding hydrogens is 378 g/mol. The van der Waals surface area contributed by atoms with Gasteiger partial charge in [-0.3, -0.25) is 4.79 Å². The zero-order chi connectivity index (χ0) is 21.0. The van der Waals surface area contributed by atoms with Crippen LogP contribution in [0.15, 0.2) is 79.1 Å². The van der Waals surface area contributed by atoms with Crippen molar-refractivity contribution in [3.8, 4) is 5.75 Å². The summed E-state index contributed by atoms with van der Waals surface area (Å²) in [4.78, 5) is 12.0. The van der Waals surface area contributed by atoms with E-state index in [0.717, 1.165) is 25.3 Å². The fraction of sp³-hybridized carbons (Fsp3) is 0.250. The highest BCUT2D eigenvalue weighted by molar-refractivity contribution is 5.93. The van der Waals surface area contributed by atoms with E-state index in [-0.39, 0.29) is 5.91 Å². The maximum absolute atomic E-state index is 12.0. The van der Waals surface area contributed by atoms with Gasteiger partial charge in [-0.1, -0.05) is 42.5 Å². The van der Waals surface area contributed by atoms with Crippen LogP contribution >= 0.6 is 0 Å². The van der Waals surface area contributed by atoms with Crippen LogP contribution in [0.3, 0.4) is 0 Å². The molecular formula is C24H27N3O3. The minimum atomic E-state index is -0.260. The summed E-state index contributed by atoms with van der Waals surface area (Å²) in [7, 11) is 0. The monoisotopic (exact) mass is 405 g/mol. The van der Waals surface area contributed by atoms with Crippen molar-refractivity contribution in [3.05, 3.63) is 101 Å². The predicted octanol–water partition coefficient (Wildman–Crippen LogP) is 2.85. The number of pyridine rings is 1. The van der Waals surface area contributed by atoms with Crippen molar-refractivity contribution >= 4 is 5.91 Å². The molecule has 0 bridgehead atoms. The Morgan fingerprint density at radius 1 is 0.967 bits per heavy atom. The number of nitrogens with zero attached hydrogens (tertiary/aromatic N) is 1. The Kier molecular flexibility index (Phi) is 8.23. The summed E-state index contributed by atoms with van der Waals surface area (Å²) in [6, 6.07) is 21.6. The van der Waals surface area contributed by atoms with Gasteiger partial charge in [0.25, 0.3) is 5.91 Å². The maximum atomic E-state index is 12.0. The minimum Gasteiger partial charge on any atom is -0.619 e. The number of aromatic nitrogens is 1. The Balaban J connectivity index is 1.32. The first-order chi connectivity index (χ1) is 14.7. The van der Waals surface area contributed by atoms with Crippen molar-refractivity contribution in [2.24, 2.45) is 0 Å². The summed E-state index contributed by atoms with van der Waals surface area (Å²) < 4.78 is 6.41. The molecule has 0 aliphatic carbocycles. The van der Waals surface area contributed by atoms with Gasteiger partial charge in [-0.2, -0.15) is 4.73 Å². The van der Waals surface area contributed by atoms with Gasteiger partial charge in [-0.05, 0) is 48.7 Å². The third kappa shape index (κ3) is 7.22. The summed E-state index contributed by atoms with van der Waals surface area (Å²) in [5, 5.41) is 17.5. The van der Waals surface area contributed by atoms with E-state index in [2.05, 4.69) is 41.0 Å². The Morgan fingerprint density at radius 3 is 2.63 bits per heavy atom. The van der Waals surface area contributed by atoms with Gasteiger partial charge < -0.3 is 20.6 Å². The van der Waals surface area contributed by atoms with Crippen LogP contribution in [-0.2, 0) is 13.0 Å². The van der Waals surface area contributed by atoms with E-state index in [0.29, 0.717) is 29.9 Å². The van der Waals surface area contributed by atoms with Crippen molar-refractivity contribution in [1.82, 2.24) is 10.6 Å². The van der Waals surface area contributed by atoms with Crippen LogP contribution in [0.2, 0.25) is 0 Å². The Labute approximate surface area is 177 Å². The van der Waals surface area contributed by atoms with Gasteiger partial charge in [0.2, 0.25) is 0 Å². The van der Waals surface area contributed by atoms with Crippen LogP contribution in [0, 0.1) is 5.21 Å². The Bertz CT molecular complexity index is 932. The number of hydrogen-bond acceptors (Lipinski definition) is 4. The van der Waals surface area contributed by atoms with Crippen molar-refractivity contribution < 1.29 is 14.3 Å². The molecule has 1 aromatic heterocycles. The summed E-state index contributed by atoms with van der Waals surface area (Å²) >= 11 is 0. The van der Waals surface area contributed by atoms with Crippen LogP contribution in [-0.4, -0.2) is 25.6 Å². The number of nitrogens with one attached hydrogen (secondary N) is 2. The molecule has 0 spiro atoms. The fourth-order valence-electron chi connectivity index (χ4n) is 3.01. The molecule has 3 rings (SSSR count). The molecule has 156 valence electrons. The van der Waals surface area contributed by atoms with E-state index in [9.17, 15) is 10.0 Å². The summed E-state index contributed by atoms with van der Waals surface area (Å²) in [6.45, 7) is 2.69. The second-order valence-corrected chi connectivity index (χ2v) is 6.97. The Morgan fingerprint density at radius 2 is 1.80 bits per heavy atom. The van der Waals surface area contributed by atoms with Gasteiger partial charge in [-0.15, -0.1) is 0 Å². The molecule has 2 aromatic carbocycles. The second kappa shape index (κ2) is 11.6. The van der Waals surface area contributed by atoms with Crippen molar-refractivity contribution in [3.63, 3.8) is 0 Å². The molecule has 6 heteroatoms. The molecule has 0 saturated carbocycles. The highest BCUT2D eigenvalue weighted by Gasteiger charge is 2.07. The number of carbonyl (C=O) groups is 1. The van der Waals surface area contributed by atoms with Gasteiger partial charge in [0, 0.05) is 19.2 Å². The molecule has 2 N–H and O–H groups in total. The molecule has 0 radical (unpaired) electrons. The number of carbonyl (C=O) groups excluding carboxylic acids is 1. The number of amides is 1. The molecule has 0 atom stereocenters. The average molecular weight is 405 g/mol. The van der Waals surface area contributed by atoms with E-state index < -0.39 is 0 Å². The lowest BCUT2D eigenvalue weighted by Gasteiger charge is -2.10. The molecule has 1 amide bonds. The molecule has 0 aliphatic rings. The van der Waals surface area contributed by atoms with Crippen LogP contribution in [0.5, 0.6) is 5.75 Å². The first-order valence-electron chi connectivity index (χ1n) is 10.1. The largest absolute Gasteiger partial charge is 0.619 e. The van der Waals surface area contributed by atoms with Crippen LogP contribution < -0.4 is 20.1 Å². The zero-order valence-electron chi connectivity index (χ0n) is 16.9. The summed E-state index contributed by atoms with van der Waals surface area (Å²) in [5.41, 5.74) is 2.85. The number of hydrogen-bond donors (Lipinski definition) is 2. The standard InChI is InChI=1S/C24H27N3O3/c28-24(22-10-5-15-27(29)19-22)26-13-6-16-30-23-11-4-9-21(17-23)18-25-14-12-20-7-2-1-3-8-20/h1-5,7-11,15,17,19,25H,6,12-14,16,18H2,(H,26,28). The van der Waals surface area contributed by atoms with Crippen molar-refractivity contribution in [2.45, 2.75) is 19.4 Å². The third-order valence-electron chi connectivity index (χ3n) is 4.57. The molecule has 1 heterocycles. The lowest BCUT2D eigenvalue weighted by molar-refractivity contribution is -0.605. The fourth-order valence-corrected chi connectivity index (χ4v) is 3.01. The molecule has 0 saturated heterocycles. The van der Waals surface area contributed by atoms with E-state index in [1.807, 2.05) is 24.3 Å². The molecule has 30 heavy (non-hydrogen) atoms. The van der Waals surface area contributed by atoms with Gasteiger partial charge in [0.1, 0.15) is 11.3 Å². The van der Waals surface area contributed by atoms with Crippen molar-refractivity contribution in [1.29, 1.82) is 0 Å². The van der Waals surface area contributed by atoms with E-state index in [1.54, 1.807) is 12.1 Å². The number of rotatable bonds is 11. The molecule has 3 aromatic rings. The quantitative estimate of drug-likeness (QED) is 0.292. The topological polar surface area (TPSA) is 77.3 Å². The average Bonchev–Trinajstić information content (AvgIpc) is 2.77. The van der Waals surface area contributed by atoms with E-state index in [4.69, 9.17) is 4.74 Å². The lowest BCUT2D eigenvalue weighted by Crippen LogP contribution is -2.30. The van der Waals surface area contributed by atoms with Crippen LogP contribution in [0.1, 0.15) is 27.9 Å².